The Kier molecular flexibility index (Phi) is 3.90. The van der Waals surface area contributed by atoms with Crippen LogP contribution in [0.5, 0.6) is 0 Å². The summed E-state index contributed by atoms with van der Waals surface area (Å²) in [7, 11) is 0. The van der Waals surface area contributed by atoms with E-state index in [1.165, 1.54) is 0 Å². The number of halogens is 1. The summed E-state index contributed by atoms with van der Waals surface area (Å²) < 4.78 is 0. The number of hydrogen-bond acceptors (Lipinski definition) is 2. The Balaban J connectivity index is 2.04. The van der Waals surface area contributed by atoms with Crippen LogP contribution in [0.25, 0.3) is 23.1 Å². The first-order chi connectivity index (χ1) is 10.6. The van der Waals surface area contributed by atoms with Crippen LogP contribution in [0.1, 0.15) is 21.6 Å². The van der Waals surface area contributed by atoms with Gasteiger partial charge in [0.05, 0.1) is 16.8 Å². The van der Waals surface area contributed by atoms with E-state index >= 15 is 0 Å². The second-order valence-corrected chi connectivity index (χ2v) is 5.30. The molecule has 0 aliphatic carbocycles. The van der Waals surface area contributed by atoms with Gasteiger partial charge in [0.2, 0.25) is 5.91 Å². The van der Waals surface area contributed by atoms with Crippen molar-refractivity contribution in [3.63, 3.8) is 0 Å². The average molecular weight is 309 g/mol. The zero-order chi connectivity index (χ0) is 15.5. The highest BCUT2D eigenvalue weighted by atomic mass is 35.5. The summed E-state index contributed by atoms with van der Waals surface area (Å²) in [6, 6.07) is 16.6. The summed E-state index contributed by atoms with van der Waals surface area (Å²) in [4.78, 5) is 16.2. The Morgan fingerprint density at radius 2 is 1.77 bits per heavy atom. The van der Waals surface area contributed by atoms with Crippen molar-refractivity contribution in [3.05, 3.63) is 76.4 Å². The van der Waals surface area contributed by atoms with Gasteiger partial charge in [-0.3, -0.25) is 4.79 Å². The lowest BCUT2D eigenvalue weighted by atomic mass is 10.1. The molecule has 1 amide bonds. The molecule has 3 nitrogen and oxygen atoms in total. The first-order valence-electron chi connectivity index (χ1n) is 6.77. The fourth-order valence-corrected chi connectivity index (χ4v) is 2.37. The smallest absolute Gasteiger partial charge is 0.249 e. The number of nitrogens with zero attached hydrogens (tertiary/aromatic N) is 1. The number of aromatic nitrogens is 1. The fourth-order valence-electron chi connectivity index (χ4n) is 2.24. The second-order valence-electron chi connectivity index (χ2n) is 4.86. The number of primary amides is 1. The first-order valence-corrected chi connectivity index (χ1v) is 7.14. The zero-order valence-corrected chi connectivity index (χ0v) is 12.4. The molecule has 0 saturated heterocycles. The lowest BCUT2D eigenvalue weighted by Gasteiger charge is -2.04. The van der Waals surface area contributed by atoms with Gasteiger partial charge in [-0.15, -0.1) is 0 Å². The summed E-state index contributed by atoms with van der Waals surface area (Å²) in [6.45, 7) is 0. The van der Waals surface area contributed by atoms with Crippen LogP contribution in [0.15, 0.2) is 54.6 Å². The molecule has 0 radical (unpaired) electrons. The number of pyridine rings is 1. The maximum absolute atomic E-state index is 11.6. The highest BCUT2D eigenvalue weighted by Crippen LogP contribution is 2.19. The van der Waals surface area contributed by atoms with Crippen LogP contribution in [-0.4, -0.2) is 10.9 Å². The number of benzene rings is 2. The Hall–Kier alpha value is -2.65. The SMILES string of the molecule is NC(=O)c1cc(/C=C/c2ccc(Cl)cc2)nc2ccccc12. The van der Waals surface area contributed by atoms with Crippen molar-refractivity contribution in [2.75, 3.05) is 0 Å². The van der Waals surface area contributed by atoms with Crippen LogP contribution in [-0.2, 0) is 0 Å². The zero-order valence-electron chi connectivity index (χ0n) is 11.7. The maximum atomic E-state index is 11.6. The van der Waals surface area contributed by atoms with Crippen LogP contribution < -0.4 is 5.73 Å². The van der Waals surface area contributed by atoms with E-state index in [0.717, 1.165) is 16.5 Å². The predicted octanol–water partition coefficient (Wildman–Crippen LogP) is 4.16. The highest BCUT2D eigenvalue weighted by molar-refractivity contribution is 6.30. The van der Waals surface area contributed by atoms with Crippen LogP contribution in [0, 0.1) is 0 Å². The van der Waals surface area contributed by atoms with Gasteiger partial charge < -0.3 is 5.73 Å². The van der Waals surface area contributed by atoms with Gasteiger partial charge in [0, 0.05) is 10.4 Å². The van der Waals surface area contributed by atoms with Gasteiger partial charge in [0.25, 0.3) is 0 Å². The molecule has 0 aliphatic rings. The number of carbonyl (C=O) groups is 1. The van der Waals surface area contributed by atoms with Crippen LogP contribution >= 0.6 is 11.6 Å². The molecule has 0 fully saturated rings. The van der Waals surface area contributed by atoms with Crippen LogP contribution in [0.2, 0.25) is 5.02 Å². The number of carbonyl (C=O) groups excluding carboxylic acids is 1. The van der Waals surface area contributed by atoms with E-state index in [9.17, 15) is 4.79 Å². The van der Waals surface area contributed by atoms with Gasteiger partial charge in [0.15, 0.2) is 0 Å². The Morgan fingerprint density at radius 1 is 1.05 bits per heavy atom. The first kappa shape index (κ1) is 14.3. The third kappa shape index (κ3) is 3.00. The quantitative estimate of drug-likeness (QED) is 0.790. The molecule has 4 heteroatoms. The molecule has 3 aromatic rings. The largest absolute Gasteiger partial charge is 0.366 e. The molecule has 0 aliphatic heterocycles. The molecule has 1 aromatic heterocycles. The molecule has 0 atom stereocenters. The van der Waals surface area contributed by atoms with Crippen LogP contribution in [0.3, 0.4) is 0 Å². The van der Waals surface area contributed by atoms with Gasteiger partial charge in [-0.05, 0) is 35.9 Å². The van der Waals surface area contributed by atoms with E-state index in [2.05, 4.69) is 4.98 Å². The minimum absolute atomic E-state index is 0.459. The number of amides is 1. The molecular weight excluding hydrogens is 296 g/mol. The van der Waals surface area contributed by atoms with E-state index in [1.54, 1.807) is 6.07 Å². The fraction of sp³-hybridized carbons (Fsp3) is 0. The van der Waals surface area contributed by atoms with E-state index in [-0.39, 0.29) is 0 Å². The molecule has 0 saturated carbocycles. The molecule has 1 heterocycles. The normalized spacial score (nSPS) is 11.1. The molecule has 2 aromatic carbocycles. The Labute approximate surface area is 133 Å². The molecule has 0 unspecified atom stereocenters. The van der Waals surface area contributed by atoms with Crippen molar-refractivity contribution in [2.45, 2.75) is 0 Å². The van der Waals surface area contributed by atoms with Gasteiger partial charge in [-0.2, -0.15) is 0 Å². The monoisotopic (exact) mass is 308 g/mol. The van der Waals surface area contributed by atoms with E-state index in [4.69, 9.17) is 17.3 Å². The topological polar surface area (TPSA) is 56.0 Å². The number of hydrogen-bond donors (Lipinski definition) is 1. The molecular formula is C18H13ClN2O. The van der Waals surface area contributed by atoms with Crippen LogP contribution in [0.4, 0.5) is 0 Å². The molecule has 3 rings (SSSR count). The van der Waals surface area contributed by atoms with Crippen molar-refractivity contribution in [2.24, 2.45) is 5.73 Å². The predicted molar refractivity (Wildman–Crippen MR) is 90.6 cm³/mol. The average Bonchev–Trinajstić information content (AvgIpc) is 2.53. The number of fused-ring (bicyclic) bond motifs is 1. The van der Waals surface area contributed by atoms with Gasteiger partial charge in [-0.25, -0.2) is 4.98 Å². The lowest BCUT2D eigenvalue weighted by Crippen LogP contribution is -2.12. The standard InChI is InChI=1S/C18H13ClN2O/c19-13-8-5-12(6-9-13)7-10-14-11-16(18(20)22)15-3-1-2-4-17(15)21-14/h1-11H,(H2,20,22)/b10-7+. The molecule has 108 valence electrons. The minimum atomic E-state index is -0.459. The summed E-state index contributed by atoms with van der Waals surface area (Å²) in [5.74, 6) is -0.459. The number of para-hydroxylation sites is 1. The van der Waals surface area contributed by atoms with Gasteiger partial charge in [0.1, 0.15) is 0 Å². The third-order valence-electron chi connectivity index (χ3n) is 3.32. The highest BCUT2D eigenvalue weighted by Gasteiger charge is 2.08. The number of nitrogens with two attached hydrogens (primary N) is 1. The van der Waals surface area contributed by atoms with Crippen molar-refractivity contribution >= 4 is 40.6 Å². The Bertz CT molecular complexity index is 870. The summed E-state index contributed by atoms with van der Waals surface area (Å²) in [5.41, 5.74) is 8.37. The van der Waals surface area contributed by atoms with Crippen molar-refractivity contribution < 1.29 is 4.79 Å². The molecule has 0 bridgehead atoms. The summed E-state index contributed by atoms with van der Waals surface area (Å²) in [5, 5.41) is 1.45. The number of rotatable bonds is 3. The maximum Gasteiger partial charge on any atom is 0.249 e. The van der Waals surface area contributed by atoms with Crippen molar-refractivity contribution in [3.8, 4) is 0 Å². The molecule has 0 spiro atoms. The van der Waals surface area contributed by atoms with E-state index in [1.807, 2.05) is 60.7 Å². The lowest BCUT2D eigenvalue weighted by molar-refractivity contribution is 0.100. The summed E-state index contributed by atoms with van der Waals surface area (Å²) in [6.07, 6.45) is 3.76. The minimum Gasteiger partial charge on any atom is -0.366 e. The Morgan fingerprint density at radius 3 is 2.50 bits per heavy atom. The molecule has 22 heavy (non-hydrogen) atoms. The second kappa shape index (κ2) is 6.00. The van der Waals surface area contributed by atoms with Gasteiger partial charge >= 0.3 is 0 Å². The molecule has 2 N–H and O–H groups in total. The third-order valence-corrected chi connectivity index (χ3v) is 3.57. The van der Waals surface area contributed by atoms with Crippen molar-refractivity contribution in [1.29, 1.82) is 0 Å². The van der Waals surface area contributed by atoms with E-state index in [0.29, 0.717) is 16.3 Å². The van der Waals surface area contributed by atoms with E-state index < -0.39 is 5.91 Å². The van der Waals surface area contributed by atoms with Crippen molar-refractivity contribution in [1.82, 2.24) is 4.98 Å². The summed E-state index contributed by atoms with van der Waals surface area (Å²) >= 11 is 5.86. The van der Waals surface area contributed by atoms with Gasteiger partial charge in [-0.1, -0.05) is 48.0 Å².